The molecule has 0 aromatic carbocycles. The molecule has 3 heterocycles. The first-order valence-corrected chi connectivity index (χ1v) is 2.75. The summed E-state index contributed by atoms with van der Waals surface area (Å²) in [6, 6.07) is 0. The molecule has 3 rings (SSSR count). The second-order valence-corrected chi connectivity index (χ2v) is 2.83. The Labute approximate surface area is 43.3 Å². The highest BCUT2D eigenvalue weighted by Crippen LogP contribution is 2.43. The maximum Gasteiger partial charge on any atom is 0.0712 e. The van der Waals surface area contributed by atoms with Crippen molar-refractivity contribution < 1.29 is 0 Å². The lowest BCUT2D eigenvalue weighted by Crippen LogP contribution is -2.83. The van der Waals surface area contributed by atoms with Gasteiger partial charge in [0.15, 0.2) is 0 Å². The molecular formula is C5H10N2. The average Bonchev–Trinajstić information content (AvgIpc) is 1.26. The van der Waals surface area contributed by atoms with E-state index in [1.807, 2.05) is 0 Å². The molecule has 40 valence electrons. The number of rotatable bonds is 0. The summed E-state index contributed by atoms with van der Waals surface area (Å²) in [7, 11) is 0. The van der Waals surface area contributed by atoms with Crippen LogP contribution in [0.5, 0.6) is 0 Å². The molecule has 0 amide bonds. The third-order valence-corrected chi connectivity index (χ3v) is 2.39. The van der Waals surface area contributed by atoms with Crippen molar-refractivity contribution in [2.75, 3.05) is 13.1 Å². The summed E-state index contributed by atoms with van der Waals surface area (Å²) in [5.41, 5.74) is 5.85. The Morgan fingerprint density at radius 1 is 1.71 bits per heavy atom. The largest absolute Gasteiger partial charge is 0.313 e. The second kappa shape index (κ2) is 0.740. The smallest absolute Gasteiger partial charge is 0.0712 e. The molecule has 0 aromatic heterocycles. The van der Waals surface area contributed by atoms with Gasteiger partial charge in [-0.25, -0.2) is 0 Å². The SMILES string of the molecule is CC1(N)C2CN1C2. The van der Waals surface area contributed by atoms with Gasteiger partial charge in [0, 0.05) is 19.0 Å². The van der Waals surface area contributed by atoms with E-state index in [2.05, 4.69) is 11.8 Å². The van der Waals surface area contributed by atoms with Gasteiger partial charge in [0.05, 0.1) is 5.66 Å². The van der Waals surface area contributed by atoms with Crippen molar-refractivity contribution in [3.63, 3.8) is 0 Å². The van der Waals surface area contributed by atoms with Crippen LogP contribution in [-0.2, 0) is 0 Å². The summed E-state index contributed by atoms with van der Waals surface area (Å²) in [6.45, 7) is 4.62. The molecule has 1 unspecified atom stereocenters. The standard InChI is InChI=1S/C5H10N2/c1-5(6)4-2-7(5)3-4/h4H,2-3,6H2,1H3. The maximum absolute atomic E-state index is 5.74. The topological polar surface area (TPSA) is 29.3 Å². The lowest BCUT2D eigenvalue weighted by atomic mass is 9.72. The quantitative estimate of drug-likeness (QED) is 0.447. The van der Waals surface area contributed by atoms with Gasteiger partial charge in [0.1, 0.15) is 0 Å². The van der Waals surface area contributed by atoms with Gasteiger partial charge in [-0.2, -0.15) is 0 Å². The number of hydrogen-bond acceptors (Lipinski definition) is 2. The summed E-state index contributed by atoms with van der Waals surface area (Å²) < 4.78 is 0. The van der Waals surface area contributed by atoms with E-state index in [1.54, 1.807) is 0 Å². The molecule has 0 aliphatic carbocycles. The van der Waals surface area contributed by atoms with Gasteiger partial charge in [-0.15, -0.1) is 0 Å². The normalized spacial score (nSPS) is 66.0. The van der Waals surface area contributed by atoms with E-state index in [0.29, 0.717) is 0 Å². The second-order valence-electron chi connectivity index (χ2n) is 2.83. The molecular weight excluding hydrogens is 88.1 g/mol. The lowest BCUT2D eigenvalue weighted by Gasteiger charge is -2.67. The first-order chi connectivity index (χ1) is 3.21. The minimum absolute atomic E-state index is 0.111. The third-order valence-electron chi connectivity index (χ3n) is 2.39. The molecule has 0 spiro atoms. The molecule has 3 aliphatic rings. The molecule has 7 heavy (non-hydrogen) atoms. The summed E-state index contributed by atoms with van der Waals surface area (Å²) in [6.07, 6.45) is 0. The van der Waals surface area contributed by atoms with Crippen LogP contribution in [0.3, 0.4) is 0 Å². The van der Waals surface area contributed by atoms with Gasteiger partial charge in [0.25, 0.3) is 0 Å². The molecule has 1 atom stereocenters. The highest BCUT2D eigenvalue weighted by molar-refractivity contribution is 5.10. The van der Waals surface area contributed by atoms with Crippen LogP contribution in [0.2, 0.25) is 0 Å². The van der Waals surface area contributed by atoms with Crippen molar-refractivity contribution in [2.45, 2.75) is 12.6 Å². The van der Waals surface area contributed by atoms with E-state index in [9.17, 15) is 0 Å². The van der Waals surface area contributed by atoms with Crippen molar-refractivity contribution >= 4 is 0 Å². The fourth-order valence-electron chi connectivity index (χ4n) is 1.27. The van der Waals surface area contributed by atoms with Gasteiger partial charge in [-0.1, -0.05) is 0 Å². The third kappa shape index (κ3) is 0.229. The number of hydrogen-bond donors (Lipinski definition) is 1. The molecule has 0 radical (unpaired) electrons. The molecule has 3 aliphatic heterocycles. The lowest BCUT2D eigenvalue weighted by molar-refractivity contribution is -0.191. The highest BCUT2D eigenvalue weighted by atomic mass is 15.4. The van der Waals surface area contributed by atoms with E-state index >= 15 is 0 Å². The van der Waals surface area contributed by atoms with E-state index in [-0.39, 0.29) is 5.66 Å². The van der Waals surface area contributed by atoms with Crippen LogP contribution in [0.4, 0.5) is 0 Å². The molecule has 2 bridgehead atoms. The van der Waals surface area contributed by atoms with Crippen molar-refractivity contribution in [1.29, 1.82) is 0 Å². The Balaban J connectivity index is 2.18. The van der Waals surface area contributed by atoms with Crippen LogP contribution in [0.15, 0.2) is 0 Å². The zero-order chi connectivity index (χ0) is 5.07. The minimum atomic E-state index is 0.111. The molecule has 3 saturated heterocycles. The van der Waals surface area contributed by atoms with E-state index < -0.39 is 0 Å². The fraction of sp³-hybridized carbons (Fsp3) is 1.00. The molecule has 0 saturated carbocycles. The molecule has 2 N–H and O–H groups in total. The van der Waals surface area contributed by atoms with E-state index in [0.717, 1.165) is 5.92 Å². The Hall–Kier alpha value is -0.0800. The summed E-state index contributed by atoms with van der Waals surface area (Å²) in [5, 5.41) is 0. The van der Waals surface area contributed by atoms with Gasteiger partial charge >= 0.3 is 0 Å². The van der Waals surface area contributed by atoms with Gasteiger partial charge in [-0.3, -0.25) is 4.90 Å². The first-order valence-electron chi connectivity index (χ1n) is 2.75. The molecule has 2 heteroatoms. The maximum atomic E-state index is 5.74. The molecule has 2 nitrogen and oxygen atoms in total. The Morgan fingerprint density at radius 2 is 2.00 bits per heavy atom. The van der Waals surface area contributed by atoms with Crippen LogP contribution in [0.1, 0.15) is 6.92 Å². The van der Waals surface area contributed by atoms with Crippen LogP contribution in [-0.4, -0.2) is 23.7 Å². The van der Waals surface area contributed by atoms with Crippen LogP contribution in [0.25, 0.3) is 0 Å². The minimum Gasteiger partial charge on any atom is -0.313 e. The fourth-order valence-corrected chi connectivity index (χ4v) is 1.27. The average molecular weight is 98.1 g/mol. The van der Waals surface area contributed by atoms with Crippen molar-refractivity contribution in [3.05, 3.63) is 0 Å². The number of nitrogens with two attached hydrogens (primary N) is 1. The Morgan fingerprint density at radius 3 is 2.00 bits per heavy atom. The zero-order valence-corrected chi connectivity index (χ0v) is 4.52. The Kier molecular flexibility index (Phi) is 0.408. The Bertz CT molecular complexity index is 92.6. The predicted molar refractivity (Wildman–Crippen MR) is 27.7 cm³/mol. The van der Waals surface area contributed by atoms with Gasteiger partial charge in [-0.05, 0) is 6.92 Å². The van der Waals surface area contributed by atoms with Crippen LogP contribution < -0.4 is 5.73 Å². The summed E-state index contributed by atoms with van der Waals surface area (Å²) >= 11 is 0. The van der Waals surface area contributed by atoms with Crippen LogP contribution in [0, 0.1) is 5.92 Å². The van der Waals surface area contributed by atoms with Crippen molar-refractivity contribution in [3.8, 4) is 0 Å². The summed E-state index contributed by atoms with van der Waals surface area (Å²) in [5.74, 6) is 0.826. The monoisotopic (exact) mass is 98.1 g/mol. The van der Waals surface area contributed by atoms with Crippen molar-refractivity contribution in [2.24, 2.45) is 11.7 Å². The molecule has 3 fully saturated rings. The predicted octanol–water partition coefficient (Wildman–Crippen LogP) is -0.393. The highest BCUT2D eigenvalue weighted by Gasteiger charge is 2.57. The zero-order valence-electron chi connectivity index (χ0n) is 4.52. The van der Waals surface area contributed by atoms with Gasteiger partial charge < -0.3 is 5.73 Å². The first kappa shape index (κ1) is 3.87. The van der Waals surface area contributed by atoms with Crippen LogP contribution >= 0.6 is 0 Å². The van der Waals surface area contributed by atoms with Gasteiger partial charge in [0.2, 0.25) is 0 Å². The van der Waals surface area contributed by atoms with Crippen molar-refractivity contribution in [1.82, 2.24) is 4.90 Å². The van der Waals surface area contributed by atoms with E-state index in [1.165, 1.54) is 13.1 Å². The number of nitrogens with zero attached hydrogens (tertiary/aromatic N) is 1. The van der Waals surface area contributed by atoms with E-state index in [4.69, 9.17) is 5.73 Å². The molecule has 0 aromatic rings. The summed E-state index contributed by atoms with van der Waals surface area (Å²) in [4.78, 5) is 2.29.